The van der Waals surface area contributed by atoms with E-state index >= 15 is 0 Å². The number of hydrogen-bond acceptors (Lipinski definition) is 4. The zero-order valence-corrected chi connectivity index (χ0v) is 14.1. The molecule has 1 atom stereocenters. The van der Waals surface area contributed by atoms with E-state index in [0.717, 1.165) is 11.3 Å². The number of fused-ring (bicyclic) bond motifs is 1. The summed E-state index contributed by atoms with van der Waals surface area (Å²) in [6.45, 7) is 5.77. The number of aryl methyl sites for hydroxylation is 1. The van der Waals surface area contributed by atoms with E-state index in [9.17, 15) is 9.59 Å². The van der Waals surface area contributed by atoms with Crippen LogP contribution in [0.3, 0.4) is 0 Å². The summed E-state index contributed by atoms with van der Waals surface area (Å²) < 4.78 is 5.29. The summed E-state index contributed by atoms with van der Waals surface area (Å²) in [4.78, 5) is 24.4. The molecule has 0 fully saturated rings. The van der Waals surface area contributed by atoms with Gasteiger partial charge in [0.2, 0.25) is 11.8 Å². The molecule has 126 valence electrons. The summed E-state index contributed by atoms with van der Waals surface area (Å²) in [6.07, 6.45) is 0.552. The van der Waals surface area contributed by atoms with Gasteiger partial charge in [-0.25, -0.2) is 0 Å². The molecule has 1 aromatic heterocycles. The van der Waals surface area contributed by atoms with Crippen molar-refractivity contribution in [1.29, 1.82) is 0 Å². The van der Waals surface area contributed by atoms with Gasteiger partial charge in [-0.05, 0) is 18.6 Å². The SMILES string of the molecule is Cc1noc(C(C)C)c1NC(=O)CC1CC(=O)Nc2ccccc21. The molecular weight excluding hydrogens is 306 g/mol. The third kappa shape index (κ3) is 3.18. The van der Waals surface area contributed by atoms with Crippen molar-refractivity contribution >= 4 is 23.2 Å². The molecule has 6 heteroatoms. The van der Waals surface area contributed by atoms with Crippen LogP contribution < -0.4 is 10.6 Å². The minimum Gasteiger partial charge on any atom is -0.359 e. The van der Waals surface area contributed by atoms with Crippen LogP contribution >= 0.6 is 0 Å². The molecule has 2 heterocycles. The molecule has 1 aliphatic rings. The topological polar surface area (TPSA) is 84.2 Å². The van der Waals surface area contributed by atoms with Gasteiger partial charge in [0.25, 0.3) is 0 Å². The van der Waals surface area contributed by atoms with Gasteiger partial charge in [0.15, 0.2) is 5.76 Å². The number of rotatable bonds is 4. The van der Waals surface area contributed by atoms with E-state index in [1.807, 2.05) is 38.1 Å². The van der Waals surface area contributed by atoms with Crippen LogP contribution in [0.5, 0.6) is 0 Å². The summed E-state index contributed by atoms with van der Waals surface area (Å²) in [5.41, 5.74) is 3.09. The van der Waals surface area contributed by atoms with Crippen LogP contribution in [0.2, 0.25) is 0 Å². The van der Waals surface area contributed by atoms with Gasteiger partial charge in [-0.3, -0.25) is 9.59 Å². The second-order valence-electron chi connectivity index (χ2n) is 6.45. The number of carbonyl (C=O) groups excluding carboxylic acids is 2. The van der Waals surface area contributed by atoms with Crippen molar-refractivity contribution in [2.45, 2.75) is 45.4 Å². The Morgan fingerprint density at radius 1 is 1.42 bits per heavy atom. The second kappa shape index (κ2) is 6.47. The maximum Gasteiger partial charge on any atom is 0.225 e. The van der Waals surface area contributed by atoms with Crippen molar-refractivity contribution in [2.24, 2.45) is 0 Å². The first-order valence-corrected chi connectivity index (χ1v) is 8.10. The van der Waals surface area contributed by atoms with Crippen LogP contribution in [0, 0.1) is 6.92 Å². The summed E-state index contributed by atoms with van der Waals surface area (Å²) in [7, 11) is 0. The first-order chi connectivity index (χ1) is 11.5. The number of hydrogen-bond donors (Lipinski definition) is 2. The van der Waals surface area contributed by atoms with E-state index in [0.29, 0.717) is 23.6 Å². The first-order valence-electron chi connectivity index (χ1n) is 8.10. The lowest BCUT2D eigenvalue weighted by atomic mass is 9.87. The predicted molar refractivity (Wildman–Crippen MR) is 91.0 cm³/mol. The highest BCUT2D eigenvalue weighted by atomic mass is 16.5. The van der Waals surface area contributed by atoms with Gasteiger partial charge in [-0.15, -0.1) is 0 Å². The van der Waals surface area contributed by atoms with Crippen molar-refractivity contribution in [2.75, 3.05) is 10.6 Å². The molecule has 1 unspecified atom stereocenters. The zero-order chi connectivity index (χ0) is 17.3. The third-order valence-electron chi connectivity index (χ3n) is 4.22. The Hall–Kier alpha value is -2.63. The number of nitrogens with zero attached hydrogens (tertiary/aromatic N) is 1. The van der Waals surface area contributed by atoms with E-state index in [1.165, 1.54) is 0 Å². The lowest BCUT2D eigenvalue weighted by molar-refractivity contribution is -0.118. The van der Waals surface area contributed by atoms with E-state index in [2.05, 4.69) is 15.8 Å². The maximum atomic E-state index is 12.5. The van der Waals surface area contributed by atoms with Crippen LogP contribution in [0.4, 0.5) is 11.4 Å². The molecule has 0 aliphatic carbocycles. The molecule has 0 saturated heterocycles. The molecule has 24 heavy (non-hydrogen) atoms. The minimum absolute atomic E-state index is 0.0597. The van der Waals surface area contributed by atoms with Crippen molar-refractivity contribution in [3.05, 3.63) is 41.3 Å². The highest BCUT2D eigenvalue weighted by molar-refractivity contribution is 5.97. The third-order valence-corrected chi connectivity index (χ3v) is 4.22. The number of benzene rings is 1. The summed E-state index contributed by atoms with van der Waals surface area (Å²) in [6, 6.07) is 7.61. The average molecular weight is 327 g/mol. The zero-order valence-electron chi connectivity index (χ0n) is 14.1. The first kappa shape index (κ1) is 16.2. The van der Waals surface area contributed by atoms with Gasteiger partial charge in [-0.2, -0.15) is 0 Å². The monoisotopic (exact) mass is 327 g/mol. The van der Waals surface area contributed by atoms with Gasteiger partial charge in [0.05, 0.1) is 0 Å². The summed E-state index contributed by atoms with van der Waals surface area (Å²) in [5.74, 6) is 0.469. The van der Waals surface area contributed by atoms with Crippen LogP contribution in [-0.4, -0.2) is 17.0 Å². The van der Waals surface area contributed by atoms with Gasteiger partial charge < -0.3 is 15.2 Å². The number of anilines is 2. The molecular formula is C18H21N3O3. The van der Waals surface area contributed by atoms with E-state index in [4.69, 9.17) is 4.52 Å². The Labute approximate surface area is 140 Å². The summed E-state index contributed by atoms with van der Waals surface area (Å²) in [5, 5.41) is 9.68. The number of aromatic nitrogens is 1. The van der Waals surface area contributed by atoms with Gasteiger partial charge in [-0.1, -0.05) is 37.2 Å². The van der Waals surface area contributed by atoms with Crippen LogP contribution in [0.15, 0.2) is 28.8 Å². The molecule has 6 nitrogen and oxygen atoms in total. The number of nitrogens with one attached hydrogen (secondary N) is 2. The lowest BCUT2D eigenvalue weighted by Gasteiger charge is -2.25. The number of para-hydroxylation sites is 1. The van der Waals surface area contributed by atoms with Crippen molar-refractivity contribution < 1.29 is 14.1 Å². The fourth-order valence-electron chi connectivity index (χ4n) is 3.03. The van der Waals surface area contributed by atoms with Gasteiger partial charge >= 0.3 is 0 Å². The standard InChI is InChI=1S/C18H21N3O3/c1-10(2)18-17(11(3)21-24-18)20-16(23)9-12-8-15(22)19-14-7-5-4-6-13(12)14/h4-7,10,12H,8-9H2,1-3H3,(H,19,22)(H,20,23). The molecule has 0 bridgehead atoms. The second-order valence-corrected chi connectivity index (χ2v) is 6.45. The summed E-state index contributed by atoms with van der Waals surface area (Å²) >= 11 is 0. The van der Waals surface area contributed by atoms with Crippen molar-refractivity contribution in [3.63, 3.8) is 0 Å². The van der Waals surface area contributed by atoms with E-state index in [1.54, 1.807) is 6.92 Å². The predicted octanol–water partition coefficient (Wildman–Crippen LogP) is 3.56. The molecule has 2 amide bonds. The number of amides is 2. The smallest absolute Gasteiger partial charge is 0.225 e. The average Bonchev–Trinajstić information content (AvgIpc) is 2.88. The molecule has 0 radical (unpaired) electrons. The van der Waals surface area contributed by atoms with Crippen molar-refractivity contribution in [3.8, 4) is 0 Å². The Morgan fingerprint density at radius 3 is 2.92 bits per heavy atom. The van der Waals surface area contributed by atoms with Crippen LogP contribution in [-0.2, 0) is 9.59 Å². The Bertz CT molecular complexity index is 780. The Balaban J connectivity index is 1.77. The molecule has 2 N–H and O–H groups in total. The molecule has 0 saturated carbocycles. The van der Waals surface area contributed by atoms with E-state index in [-0.39, 0.29) is 30.1 Å². The fraction of sp³-hybridized carbons (Fsp3) is 0.389. The number of carbonyl (C=O) groups is 2. The maximum absolute atomic E-state index is 12.5. The van der Waals surface area contributed by atoms with Crippen molar-refractivity contribution in [1.82, 2.24) is 5.16 Å². The quantitative estimate of drug-likeness (QED) is 0.899. The fourth-order valence-corrected chi connectivity index (χ4v) is 3.03. The van der Waals surface area contributed by atoms with Crippen LogP contribution in [0.25, 0.3) is 0 Å². The highest BCUT2D eigenvalue weighted by Gasteiger charge is 2.27. The Morgan fingerprint density at radius 2 is 2.17 bits per heavy atom. The van der Waals surface area contributed by atoms with E-state index < -0.39 is 0 Å². The lowest BCUT2D eigenvalue weighted by Crippen LogP contribution is -2.26. The molecule has 3 rings (SSSR count). The van der Waals surface area contributed by atoms with Crippen LogP contribution in [0.1, 0.15) is 55.5 Å². The minimum atomic E-state index is -0.141. The Kier molecular flexibility index (Phi) is 4.38. The molecule has 1 aromatic carbocycles. The highest BCUT2D eigenvalue weighted by Crippen LogP contribution is 2.35. The normalized spacial score (nSPS) is 16.7. The van der Waals surface area contributed by atoms with Gasteiger partial charge in [0, 0.05) is 30.4 Å². The molecule has 2 aromatic rings. The van der Waals surface area contributed by atoms with Gasteiger partial charge in [0.1, 0.15) is 11.4 Å². The molecule has 1 aliphatic heterocycles. The molecule has 0 spiro atoms. The largest absolute Gasteiger partial charge is 0.359 e.